The van der Waals surface area contributed by atoms with E-state index in [-0.39, 0.29) is 0 Å². The summed E-state index contributed by atoms with van der Waals surface area (Å²) in [5.74, 6) is 0.980. The van der Waals surface area contributed by atoms with Gasteiger partial charge in [0.25, 0.3) is 0 Å². The smallest absolute Gasteiger partial charge is 0.137 e. The molecule has 2 aromatic rings. The van der Waals surface area contributed by atoms with Crippen molar-refractivity contribution >= 4 is 0 Å². The first-order valence-electron chi connectivity index (χ1n) is 8.21. The number of imidazole rings is 1. The molecule has 0 radical (unpaired) electrons. The van der Waals surface area contributed by atoms with E-state index >= 15 is 0 Å². The van der Waals surface area contributed by atoms with Crippen molar-refractivity contribution in [3.8, 4) is 11.4 Å². The minimum atomic E-state index is 0.652. The summed E-state index contributed by atoms with van der Waals surface area (Å²) < 4.78 is 0. The maximum atomic E-state index is 4.82. The third-order valence-corrected chi connectivity index (χ3v) is 4.54. The second kappa shape index (κ2) is 6.63. The summed E-state index contributed by atoms with van der Waals surface area (Å²) in [5, 5.41) is 0. The number of hydrogen-bond donors (Lipinski definition) is 1. The number of nitrogens with one attached hydrogen (secondary N) is 1. The predicted molar refractivity (Wildman–Crippen MR) is 90.7 cm³/mol. The molecule has 22 heavy (non-hydrogen) atoms. The number of H-pyrrole nitrogens is 1. The average Bonchev–Trinajstić information content (AvgIpc) is 2.90. The summed E-state index contributed by atoms with van der Waals surface area (Å²) in [7, 11) is 0. The van der Waals surface area contributed by atoms with Gasteiger partial charge in [0, 0.05) is 50.0 Å². The Morgan fingerprint density at radius 2 is 1.77 bits per heavy atom. The minimum absolute atomic E-state index is 0.652. The number of hydrogen-bond acceptors (Lipinski definition) is 3. The maximum absolute atomic E-state index is 4.82. The molecule has 0 bridgehead atoms. The summed E-state index contributed by atoms with van der Waals surface area (Å²) in [6.07, 6.45) is 0. The molecule has 1 aromatic heterocycles. The first-order valence-corrected chi connectivity index (χ1v) is 8.21. The highest BCUT2D eigenvalue weighted by atomic mass is 15.3. The number of aromatic amines is 1. The second-order valence-electron chi connectivity index (χ2n) is 6.43. The van der Waals surface area contributed by atoms with Crippen LogP contribution >= 0.6 is 0 Å². The largest absolute Gasteiger partial charge is 0.342 e. The zero-order valence-electron chi connectivity index (χ0n) is 13.8. The van der Waals surface area contributed by atoms with Crippen LogP contribution in [-0.2, 0) is 6.54 Å². The van der Waals surface area contributed by atoms with Gasteiger partial charge in [0.05, 0.1) is 5.69 Å². The van der Waals surface area contributed by atoms with Gasteiger partial charge in [-0.25, -0.2) is 4.98 Å². The third-order valence-electron chi connectivity index (χ3n) is 4.54. The molecule has 4 nitrogen and oxygen atoms in total. The molecule has 1 saturated heterocycles. The standard InChI is InChI=1S/C18H26N4/c1-14(2)22-11-9-21(10-12-22)13-17-15(3)19-18(20-17)16-7-5-4-6-8-16/h4-8,14H,9-13H2,1-3H3,(H,19,20). The Morgan fingerprint density at radius 1 is 1.09 bits per heavy atom. The van der Waals surface area contributed by atoms with Gasteiger partial charge in [-0.2, -0.15) is 0 Å². The molecule has 3 rings (SSSR count). The van der Waals surface area contributed by atoms with E-state index in [0.717, 1.165) is 44.1 Å². The Hall–Kier alpha value is -1.65. The summed E-state index contributed by atoms with van der Waals surface area (Å²) in [6.45, 7) is 12.2. The van der Waals surface area contributed by atoms with Crippen molar-refractivity contribution < 1.29 is 0 Å². The second-order valence-corrected chi connectivity index (χ2v) is 6.43. The molecule has 4 heteroatoms. The van der Waals surface area contributed by atoms with Gasteiger partial charge in [0.1, 0.15) is 5.82 Å². The fourth-order valence-corrected chi connectivity index (χ4v) is 3.03. The summed E-state index contributed by atoms with van der Waals surface area (Å²) in [6, 6.07) is 11.0. The van der Waals surface area contributed by atoms with Crippen LogP contribution in [0.1, 0.15) is 25.2 Å². The van der Waals surface area contributed by atoms with E-state index in [1.807, 2.05) is 6.07 Å². The molecule has 1 aliphatic rings. The number of nitrogens with zero attached hydrogens (tertiary/aromatic N) is 3. The summed E-state index contributed by atoms with van der Waals surface area (Å²) >= 11 is 0. The van der Waals surface area contributed by atoms with Crippen molar-refractivity contribution in [2.45, 2.75) is 33.4 Å². The molecule has 0 spiro atoms. The van der Waals surface area contributed by atoms with Crippen LogP contribution in [0.4, 0.5) is 0 Å². The van der Waals surface area contributed by atoms with Crippen LogP contribution < -0.4 is 0 Å². The lowest BCUT2D eigenvalue weighted by atomic mass is 10.2. The summed E-state index contributed by atoms with van der Waals surface area (Å²) in [4.78, 5) is 13.3. The number of rotatable bonds is 4. The van der Waals surface area contributed by atoms with Crippen molar-refractivity contribution in [1.82, 2.24) is 19.8 Å². The molecule has 1 aromatic carbocycles. The molecule has 0 aliphatic carbocycles. The minimum Gasteiger partial charge on any atom is -0.342 e. The highest BCUT2D eigenvalue weighted by Gasteiger charge is 2.20. The molecular formula is C18H26N4. The topological polar surface area (TPSA) is 35.2 Å². The lowest BCUT2D eigenvalue weighted by molar-refractivity contribution is 0.103. The SMILES string of the molecule is Cc1[nH]c(-c2ccccc2)nc1CN1CCN(C(C)C)CC1. The lowest BCUT2D eigenvalue weighted by Crippen LogP contribution is -2.48. The van der Waals surface area contributed by atoms with Gasteiger partial charge in [0.2, 0.25) is 0 Å². The molecule has 0 atom stereocenters. The molecule has 1 N–H and O–H groups in total. The van der Waals surface area contributed by atoms with Crippen LogP contribution in [0, 0.1) is 6.92 Å². The van der Waals surface area contributed by atoms with Crippen molar-refractivity contribution in [2.24, 2.45) is 0 Å². The van der Waals surface area contributed by atoms with Crippen molar-refractivity contribution in [2.75, 3.05) is 26.2 Å². The van der Waals surface area contributed by atoms with E-state index in [1.165, 1.54) is 11.4 Å². The highest BCUT2D eigenvalue weighted by molar-refractivity contribution is 5.55. The van der Waals surface area contributed by atoms with Crippen LogP contribution in [0.25, 0.3) is 11.4 Å². The molecular weight excluding hydrogens is 272 g/mol. The number of aryl methyl sites for hydroxylation is 1. The zero-order chi connectivity index (χ0) is 15.5. The van der Waals surface area contributed by atoms with Gasteiger partial charge in [-0.05, 0) is 20.8 Å². The Balaban J connectivity index is 1.66. The molecule has 1 fully saturated rings. The molecule has 2 heterocycles. The first kappa shape index (κ1) is 15.3. The molecule has 0 saturated carbocycles. The molecule has 1 aliphatic heterocycles. The fourth-order valence-electron chi connectivity index (χ4n) is 3.03. The first-order chi connectivity index (χ1) is 10.6. The van der Waals surface area contributed by atoms with Gasteiger partial charge in [-0.15, -0.1) is 0 Å². The monoisotopic (exact) mass is 298 g/mol. The Labute approximate surface area is 133 Å². The van der Waals surface area contributed by atoms with Gasteiger partial charge >= 0.3 is 0 Å². The number of piperazine rings is 1. The van der Waals surface area contributed by atoms with Gasteiger partial charge in [-0.3, -0.25) is 9.80 Å². The van der Waals surface area contributed by atoms with Crippen molar-refractivity contribution in [1.29, 1.82) is 0 Å². The normalized spacial score (nSPS) is 17.3. The van der Waals surface area contributed by atoms with Crippen molar-refractivity contribution in [3.63, 3.8) is 0 Å². The lowest BCUT2D eigenvalue weighted by Gasteiger charge is -2.36. The highest BCUT2D eigenvalue weighted by Crippen LogP contribution is 2.19. The van der Waals surface area contributed by atoms with E-state index in [0.29, 0.717) is 6.04 Å². The average molecular weight is 298 g/mol. The van der Waals surface area contributed by atoms with Crippen LogP contribution in [0.2, 0.25) is 0 Å². The zero-order valence-corrected chi connectivity index (χ0v) is 13.8. The Kier molecular flexibility index (Phi) is 4.60. The van der Waals surface area contributed by atoms with E-state index < -0.39 is 0 Å². The van der Waals surface area contributed by atoms with Gasteiger partial charge in [0.15, 0.2) is 0 Å². The van der Waals surface area contributed by atoms with Crippen LogP contribution in [0.15, 0.2) is 30.3 Å². The molecule has 0 unspecified atom stereocenters. The number of aromatic nitrogens is 2. The van der Waals surface area contributed by atoms with Gasteiger partial charge in [-0.1, -0.05) is 30.3 Å². The van der Waals surface area contributed by atoms with Crippen LogP contribution in [0.3, 0.4) is 0 Å². The van der Waals surface area contributed by atoms with E-state index in [1.54, 1.807) is 0 Å². The van der Waals surface area contributed by atoms with Crippen molar-refractivity contribution in [3.05, 3.63) is 41.7 Å². The fraction of sp³-hybridized carbons (Fsp3) is 0.500. The van der Waals surface area contributed by atoms with E-state index in [4.69, 9.17) is 4.98 Å². The Morgan fingerprint density at radius 3 is 2.41 bits per heavy atom. The number of benzene rings is 1. The Bertz CT molecular complexity index is 595. The molecule has 118 valence electrons. The maximum Gasteiger partial charge on any atom is 0.137 e. The van der Waals surface area contributed by atoms with E-state index in [9.17, 15) is 0 Å². The molecule has 0 amide bonds. The quantitative estimate of drug-likeness (QED) is 0.942. The van der Waals surface area contributed by atoms with Crippen LogP contribution in [0.5, 0.6) is 0 Å². The predicted octanol–water partition coefficient (Wildman–Crippen LogP) is 2.91. The summed E-state index contributed by atoms with van der Waals surface area (Å²) in [5.41, 5.74) is 3.52. The van der Waals surface area contributed by atoms with E-state index in [2.05, 4.69) is 59.8 Å². The van der Waals surface area contributed by atoms with Crippen LogP contribution in [-0.4, -0.2) is 52.0 Å². The third kappa shape index (κ3) is 3.39. The van der Waals surface area contributed by atoms with Gasteiger partial charge < -0.3 is 4.98 Å².